The molecule has 4 rings (SSSR count). The lowest BCUT2D eigenvalue weighted by atomic mass is 10.0. The summed E-state index contributed by atoms with van der Waals surface area (Å²) in [6.45, 7) is 0. The molecule has 0 saturated heterocycles. The van der Waals surface area contributed by atoms with Crippen molar-refractivity contribution in [3.05, 3.63) is 100 Å². The normalized spacial score (nSPS) is 10.9. The number of carbonyl (C=O) groups excluding carboxylic acids is 1. The van der Waals surface area contributed by atoms with Gasteiger partial charge < -0.3 is 4.98 Å². The second kappa shape index (κ2) is 6.54. The summed E-state index contributed by atoms with van der Waals surface area (Å²) in [6.07, 6.45) is 0.688. The molecule has 0 bridgehead atoms. The third-order valence-electron chi connectivity index (χ3n) is 4.11. The summed E-state index contributed by atoms with van der Waals surface area (Å²) < 4.78 is 0. The highest BCUT2D eigenvalue weighted by Crippen LogP contribution is 2.19. The molecule has 1 N–H and O–H groups in total. The lowest BCUT2D eigenvalue weighted by molar-refractivity contribution is 0.103. The molecule has 4 aromatic rings. The van der Waals surface area contributed by atoms with Crippen LogP contribution in [0.4, 0.5) is 0 Å². The molecule has 0 unspecified atom stereocenters. The number of halogens is 1. The van der Waals surface area contributed by atoms with Gasteiger partial charge in [-0.05, 0) is 35.9 Å². The summed E-state index contributed by atoms with van der Waals surface area (Å²) in [5.74, 6) is 0.873. The zero-order valence-corrected chi connectivity index (χ0v) is 14.1. The van der Waals surface area contributed by atoms with E-state index in [4.69, 9.17) is 11.6 Å². The molecule has 0 aliphatic carbocycles. The number of imidazole rings is 1. The van der Waals surface area contributed by atoms with E-state index in [9.17, 15) is 4.79 Å². The van der Waals surface area contributed by atoms with Gasteiger partial charge in [-0.25, -0.2) is 4.98 Å². The molecule has 122 valence electrons. The molecule has 25 heavy (non-hydrogen) atoms. The van der Waals surface area contributed by atoms with Crippen molar-refractivity contribution in [1.82, 2.24) is 9.97 Å². The molecule has 1 aromatic heterocycles. The number of nitrogens with zero attached hydrogens (tertiary/aromatic N) is 1. The van der Waals surface area contributed by atoms with E-state index >= 15 is 0 Å². The summed E-state index contributed by atoms with van der Waals surface area (Å²) in [4.78, 5) is 20.5. The largest absolute Gasteiger partial charge is 0.342 e. The fourth-order valence-corrected chi connectivity index (χ4v) is 2.97. The third kappa shape index (κ3) is 3.32. The van der Waals surface area contributed by atoms with Crippen LogP contribution in [0.1, 0.15) is 27.3 Å². The summed E-state index contributed by atoms with van der Waals surface area (Å²) in [6, 6.07) is 22.6. The van der Waals surface area contributed by atoms with Gasteiger partial charge in [0.1, 0.15) is 5.82 Å². The standard InChI is InChI=1S/C21H15ClN2O/c22-17-9-6-14(7-10-17)12-20-23-18-11-8-16(13-19(18)24-20)21(25)15-4-2-1-3-5-15/h1-11,13H,12H2,(H,23,24). The summed E-state index contributed by atoms with van der Waals surface area (Å²) >= 11 is 5.92. The highest BCUT2D eigenvalue weighted by atomic mass is 35.5. The molecule has 4 heteroatoms. The maximum absolute atomic E-state index is 12.6. The Kier molecular flexibility index (Phi) is 4.08. The average Bonchev–Trinajstić information content (AvgIpc) is 3.05. The number of carbonyl (C=O) groups is 1. The van der Waals surface area contributed by atoms with Gasteiger partial charge in [-0.3, -0.25) is 4.79 Å². The van der Waals surface area contributed by atoms with Gasteiger partial charge >= 0.3 is 0 Å². The van der Waals surface area contributed by atoms with Gasteiger partial charge in [0.25, 0.3) is 0 Å². The smallest absolute Gasteiger partial charge is 0.193 e. The van der Waals surface area contributed by atoms with Crippen molar-refractivity contribution in [2.24, 2.45) is 0 Å². The first-order chi connectivity index (χ1) is 12.2. The number of benzene rings is 3. The van der Waals surface area contributed by atoms with Crippen LogP contribution in [-0.4, -0.2) is 15.8 Å². The van der Waals surface area contributed by atoms with Crippen LogP contribution >= 0.6 is 11.6 Å². The quantitative estimate of drug-likeness (QED) is 0.526. The lowest BCUT2D eigenvalue weighted by Crippen LogP contribution is -2.00. The van der Waals surface area contributed by atoms with Crippen LogP contribution in [0.25, 0.3) is 11.0 Å². The highest BCUT2D eigenvalue weighted by Gasteiger charge is 2.11. The molecule has 0 amide bonds. The van der Waals surface area contributed by atoms with Gasteiger partial charge in [-0.1, -0.05) is 54.1 Å². The summed E-state index contributed by atoms with van der Waals surface area (Å²) in [5, 5.41) is 0.720. The molecular weight excluding hydrogens is 332 g/mol. The predicted octanol–water partition coefficient (Wildman–Crippen LogP) is 5.04. The number of aromatic nitrogens is 2. The lowest BCUT2D eigenvalue weighted by Gasteiger charge is -2.00. The molecule has 3 aromatic carbocycles. The Labute approximate surface area is 150 Å². The van der Waals surface area contributed by atoms with Crippen LogP contribution in [0.5, 0.6) is 0 Å². The van der Waals surface area contributed by atoms with Crippen LogP contribution in [0.15, 0.2) is 72.8 Å². The van der Waals surface area contributed by atoms with Gasteiger partial charge in [0.05, 0.1) is 11.0 Å². The van der Waals surface area contributed by atoms with Crippen molar-refractivity contribution >= 4 is 28.4 Å². The van der Waals surface area contributed by atoms with Crippen molar-refractivity contribution in [3.8, 4) is 0 Å². The molecule has 1 heterocycles. The van der Waals surface area contributed by atoms with Crippen LogP contribution < -0.4 is 0 Å². The molecular formula is C21H15ClN2O. The fourth-order valence-electron chi connectivity index (χ4n) is 2.84. The van der Waals surface area contributed by atoms with E-state index < -0.39 is 0 Å². The Morgan fingerprint density at radius 1 is 0.920 bits per heavy atom. The van der Waals surface area contributed by atoms with Crippen molar-refractivity contribution in [3.63, 3.8) is 0 Å². The van der Waals surface area contributed by atoms with Gasteiger partial charge in [-0.2, -0.15) is 0 Å². The van der Waals surface area contributed by atoms with Crippen LogP contribution in [0, 0.1) is 0 Å². The fraction of sp³-hybridized carbons (Fsp3) is 0.0476. The van der Waals surface area contributed by atoms with Crippen LogP contribution in [0.2, 0.25) is 5.02 Å². The second-order valence-corrected chi connectivity index (χ2v) is 6.35. The van der Waals surface area contributed by atoms with Gasteiger partial charge in [0, 0.05) is 22.6 Å². The first-order valence-electron chi connectivity index (χ1n) is 8.02. The van der Waals surface area contributed by atoms with E-state index in [2.05, 4.69) is 9.97 Å². The van der Waals surface area contributed by atoms with Gasteiger partial charge in [-0.15, -0.1) is 0 Å². The molecule has 0 saturated carbocycles. The highest BCUT2D eigenvalue weighted by molar-refractivity contribution is 6.30. The van der Waals surface area contributed by atoms with Crippen LogP contribution in [-0.2, 0) is 6.42 Å². The van der Waals surface area contributed by atoms with Crippen LogP contribution in [0.3, 0.4) is 0 Å². The van der Waals surface area contributed by atoms with E-state index in [1.165, 1.54) is 0 Å². The number of H-pyrrole nitrogens is 1. The number of fused-ring (bicyclic) bond motifs is 1. The number of ketones is 1. The summed E-state index contributed by atoms with van der Waals surface area (Å²) in [7, 11) is 0. The number of rotatable bonds is 4. The van der Waals surface area contributed by atoms with Crippen molar-refractivity contribution in [2.45, 2.75) is 6.42 Å². The van der Waals surface area contributed by atoms with E-state index in [1.54, 1.807) is 0 Å². The van der Waals surface area contributed by atoms with Crippen molar-refractivity contribution < 1.29 is 4.79 Å². The third-order valence-corrected chi connectivity index (χ3v) is 4.37. The number of hydrogen-bond donors (Lipinski definition) is 1. The topological polar surface area (TPSA) is 45.8 Å². The SMILES string of the molecule is O=C(c1ccccc1)c1ccc2nc(Cc3ccc(Cl)cc3)[nH]c2c1. The Hall–Kier alpha value is -2.91. The molecule has 0 aliphatic rings. The number of nitrogens with one attached hydrogen (secondary N) is 1. The average molecular weight is 347 g/mol. The molecule has 0 fully saturated rings. The molecule has 3 nitrogen and oxygen atoms in total. The maximum atomic E-state index is 12.6. The van der Waals surface area contributed by atoms with Gasteiger partial charge in [0.2, 0.25) is 0 Å². The Morgan fingerprint density at radius 3 is 2.44 bits per heavy atom. The zero-order valence-electron chi connectivity index (χ0n) is 13.4. The van der Waals surface area contributed by atoms with E-state index in [1.807, 2.05) is 72.8 Å². The second-order valence-electron chi connectivity index (χ2n) is 5.91. The minimum atomic E-state index is 0.0105. The van der Waals surface area contributed by atoms with E-state index in [0.717, 1.165) is 27.4 Å². The predicted molar refractivity (Wildman–Crippen MR) is 100 cm³/mol. The number of hydrogen-bond acceptors (Lipinski definition) is 2. The summed E-state index contributed by atoms with van der Waals surface area (Å²) in [5.41, 5.74) is 4.19. The molecule has 0 spiro atoms. The Balaban J connectivity index is 1.63. The first-order valence-corrected chi connectivity index (χ1v) is 8.40. The number of aromatic amines is 1. The zero-order chi connectivity index (χ0) is 17.2. The van der Waals surface area contributed by atoms with Crippen molar-refractivity contribution in [1.29, 1.82) is 0 Å². The molecule has 0 radical (unpaired) electrons. The minimum absolute atomic E-state index is 0.0105. The molecule has 0 atom stereocenters. The van der Waals surface area contributed by atoms with Gasteiger partial charge in [0.15, 0.2) is 5.78 Å². The van der Waals surface area contributed by atoms with Crippen molar-refractivity contribution in [2.75, 3.05) is 0 Å². The maximum Gasteiger partial charge on any atom is 0.193 e. The monoisotopic (exact) mass is 346 g/mol. The minimum Gasteiger partial charge on any atom is -0.342 e. The first kappa shape index (κ1) is 15.6. The Bertz CT molecular complexity index is 1040. The Morgan fingerprint density at radius 2 is 1.68 bits per heavy atom. The van der Waals surface area contributed by atoms with E-state index in [-0.39, 0.29) is 5.78 Å². The van der Waals surface area contributed by atoms with E-state index in [0.29, 0.717) is 17.5 Å². The molecule has 0 aliphatic heterocycles.